The van der Waals surface area contributed by atoms with E-state index in [0.717, 1.165) is 28.7 Å². The molecule has 0 bridgehead atoms. The molecule has 3 rings (SSSR count). The fraction of sp³-hybridized carbons (Fsp3) is 0.250. The van der Waals surface area contributed by atoms with Crippen LogP contribution in [-0.2, 0) is 11.3 Å². The number of nitrogens with one attached hydrogen (secondary N) is 1. The molecule has 2 heterocycles. The molecule has 0 saturated carbocycles. The maximum Gasteiger partial charge on any atom is 0.354 e. The zero-order valence-corrected chi connectivity index (χ0v) is 12.7. The predicted octanol–water partition coefficient (Wildman–Crippen LogP) is 2.85. The minimum Gasteiger partial charge on any atom is -0.495 e. The van der Waals surface area contributed by atoms with Crippen LogP contribution in [-0.4, -0.2) is 35.0 Å². The summed E-state index contributed by atoms with van der Waals surface area (Å²) in [5.74, 6) is 0.268. The smallest absolute Gasteiger partial charge is 0.354 e. The highest BCUT2D eigenvalue weighted by atomic mass is 16.5. The molecular weight excluding hydrogens is 282 g/mol. The van der Waals surface area contributed by atoms with Crippen molar-refractivity contribution in [2.75, 3.05) is 14.2 Å². The number of methoxy groups -OCH3 is 2. The van der Waals surface area contributed by atoms with Gasteiger partial charge in [-0.05, 0) is 31.2 Å². The predicted molar refractivity (Wildman–Crippen MR) is 83.1 cm³/mol. The molecule has 0 aliphatic rings. The largest absolute Gasteiger partial charge is 0.495 e. The Balaban J connectivity index is 2.27. The molecule has 1 N–H and O–H groups in total. The van der Waals surface area contributed by atoms with Gasteiger partial charge in [0.2, 0.25) is 0 Å². The number of hydrogen-bond donors (Lipinski definition) is 1. The zero-order chi connectivity index (χ0) is 15.7. The van der Waals surface area contributed by atoms with Crippen LogP contribution in [0.25, 0.3) is 22.2 Å². The Morgan fingerprint density at radius 2 is 2.14 bits per heavy atom. The van der Waals surface area contributed by atoms with Gasteiger partial charge in [0.1, 0.15) is 11.4 Å². The summed E-state index contributed by atoms with van der Waals surface area (Å²) in [6, 6.07) is 7.59. The van der Waals surface area contributed by atoms with Crippen LogP contribution in [0, 0.1) is 0 Å². The number of fused-ring (bicyclic) bond motifs is 1. The quantitative estimate of drug-likeness (QED) is 0.752. The first-order chi connectivity index (χ1) is 10.7. The van der Waals surface area contributed by atoms with E-state index in [4.69, 9.17) is 9.47 Å². The third kappa shape index (κ3) is 2.13. The summed E-state index contributed by atoms with van der Waals surface area (Å²) in [4.78, 5) is 14.9. The lowest BCUT2D eigenvalue weighted by Crippen LogP contribution is -2.00. The van der Waals surface area contributed by atoms with Crippen LogP contribution >= 0.6 is 0 Å². The molecule has 6 nitrogen and oxygen atoms in total. The number of carbonyl (C=O) groups excluding carboxylic acids is 1. The summed E-state index contributed by atoms with van der Waals surface area (Å²) < 4.78 is 12.1. The molecule has 0 saturated heterocycles. The summed E-state index contributed by atoms with van der Waals surface area (Å²) >= 11 is 0. The Kier molecular flexibility index (Phi) is 3.58. The molecule has 114 valence electrons. The number of aromatic nitrogens is 3. The SMILES string of the molecule is CCn1nccc1-c1ccc(OC)c2[nH]c(C(=O)OC)cc12. The minimum atomic E-state index is -0.409. The number of hydrogen-bond acceptors (Lipinski definition) is 4. The second-order valence-electron chi connectivity index (χ2n) is 4.81. The van der Waals surface area contributed by atoms with E-state index in [0.29, 0.717) is 11.4 Å². The lowest BCUT2D eigenvalue weighted by molar-refractivity contribution is 0.0595. The number of carbonyl (C=O) groups is 1. The van der Waals surface area contributed by atoms with Crippen molar-refractivity contribution in [1.29, 1.82) is 0 Å². The summed E-state index contributed by atoms with van der Waals surface area (Å²) in [5.41, 5.74) is 3.14. The van der Waals surface area contributed by atoms with E-state index in [1.807, 2.05) is 29.8 Å². The van der Waals surface area contributed by atoms with Crippen molar-refractivity contribution in [2.45, 2.75) is 13.5 Å². The fourth-order valence-corrected chi connectivity index (χ4v) is 2.62. The second kappa shape index (κ2) is 5.55. The fourth-order valence-electron chi connectivity index (χ4n) is 2.62. The lowest BCUT2D eigenvalue weighted by Gasteiger charge is -2.08. The van der Waals surface area contributed by atoms with E-state index in [-0.39, 0.29) is 0 Å². The van der Waals surface area contributed by atoms with Crippen molar-refractivity contribution in [3.05, 3.63) is 36.2 Å². The third-order valence-electron chi connectivity index (χ3n) is 3.67. The summed E-state index contributed by atoms with van der Waals surface area (Å²) in [7, 11) is 2.96. The molecule has 3 aromatic rings. The number of H-pyrrole nitrogens is 1. The number of aryl methyl sites for hydroxylation is 1. The molecule has 2 aromatic heterocycles. The summed E-state index contributed by atoms with van der Waals surface area (Å²) in [6.07, 6.45) is 1.77. The average molecular weight is 299 g/mol. The van der Waals surface area contributed by atoms with Gasteiger partial charge in [-0.3, -0.25) is 4.68 Å². The van der Waals surface area contributed by atoms with Crippen molar-refractivity contribution in [3.8, 4) is 17.0 Å². The normalized spacial score (nSPS) is 10.9. The number of esters is 1. The van der Waals surface area contributed by atoms with Crippen LogP contribution < -0.4 is 4.74 Å². The van der Waals surface area contributed by atoms with Crippen LogP contribution in [0.4, 0.5) is 0 Å². The highest BCUT2D eigenvalue weighted by Gasteiger charge is 2.17. The molecule has 0 aliphatic heterocycles. The average Bonchev–Trinajstić information content (AvgIpc) is 3.19. The van der Waals surface area contributed by atoms with Gasteiger partial charge in [0.05, 0.1) is 25.4 Å². The molecule has 0 spiro atoms. The molecule has 0 aliphatic carbocycles. The van der Waals surface area contributed by atoms with Gasteiger partial charge in [-0.15, -0.1) is 0 Å². The Hall–Kier alpha value is -2.76. The van der Waals surface area contributed by atoms with Crippen LogP contribution in [0.5, 0.6) is 5.75 Å². The van der Waals surface area contributed by atoms with Gasteiger partial charge in [-0.25, -0.2) is 4.79 Å². The van der Waals surface area contributed by atoms with E-state index in [1.165, 1.54) is 7.11 Å². The van der Waals surface area contributed by atoms with E-state index in [1.54, 1.807) is 19.4 Å². The zero-order valence-electron chi connectivity index (χ0n) is 12.7. The summed E-state index contributed by atoms with van der Waals surface area (Å²) in [6.45, 7) is 2.80. The van der Waals surface area contributed by atoms with E-state index in [9.17, 15) is 4.79 Å². The second-order valence-corrected chi connectivity index (χ2v) is 4.81. The molecular formula is C16H17N3O3. The van der Waals surface area contributed by atoms with E-state index in [2.05, 4.69) is 10.1 Å². The first-order valence-electron chi connectivity index (χ1n) is 6.99. The molecule has 0 radical (unpaired) electrons. The van der Waals surface area contributed by atoms with Crippen LogP contribution in [0.2, 0.25) is 0 Å². The standard InChI is InChI=1S/C16H17N3O3/c1-4-19-13(7-8-17-19)10-5-6-14(21-2)15-11(10)9-12(18-15)16(20)22-3/h5-9,18H,4H2,1-3H3. The minimum absolute atomic E-state index is 0.394. The third-order valence-corrected chi connectivity index (χ3v) is 3.67. The Bertz CT molecular complexity index is 832. The maximum absolute atomic E-state index is 11.8. The first-order valence-corrected chi connectivity index (χ1v) is 6.99. The molecule has 0 atom stereocenters. The molecule has 22 heavy (non-hydrogen) atoms. The molecule has 0 amide bonds. The topological polar surface area (TPSA) is 69.1 Å². The highest BCUT2D eigenvalue weighted by Crippen LogP contribution is 2.34. The molecule has 0 fully saturated rings. The van der Waals surface area contributed by atoms with Gasteiger partial charge >= 0.3 is 5.97 Å². The number of ether oxygens (including phenoxy) is 2. The Labute approximate surface area is 127 Å². The molecule has 6 heteroatoms. The van der Waals surface area contributed by atoms with Gasteiger partial charge in [-0.1, -0.05) is 0 Å². The van der Waals surface area contributed by atoms with Gasteiger partial charge < -0.3 is 14.5 Å². The van der Waals surface area contributed by atoms with Crippen molar-refractivity contribution >= 4 is 16.9 Å². The Morgan fingerprint density at radius 1 is 1.32 bits per heavy atom. The van der Waals surface area contributed by atoms with E-state index >= 15 is 0 Å². The van der Waals surface area contributed by atoms with Gasteiger partial charge in [0.15, 0.2) is 0 Å². The van der Waals surface area contributed by atoms with Crippen LogP contribution in [0.1, 0.15) is 17.4 Å². The molecule has 1 aromatic carbocycles. The van der Waals surface area contributed by atoms with Gasteiger partial charge in [0, 0.05) is 23.7 Å². The van der Waals surface area contributed by atoms with Gasteiger partial charge in [-0.2, -0.15) is 5.10 Å². The van der Waals surface area contributed by atoms with Crippen molar-refractivity contribution < 1.29 is 14.3 Å². The summed E-state index contributed by atoms with van der Waals surface area (Å²) in [5, 5.41) is 5.20. The lowest BCUT2D eigenvalue weighted by atomic mass is 10.1. The number of rotatable bonds is 4. The van der Waals surface area contributed by atoms with Crippen LogP contribution in [0.15, 0.2) is 30.5 Å². The molecule has 0 unspecified atom stereocenters. The number of benzene rings is 1. The monoisotopic (exact) mass is 299 g/mol. The van der Waals surface area contributed by atoms with Crippen molar-refractivity contribution in [2.24, 2.45) is 0 Å². The van der Waals surface area contributed by atoms with Crippen molar-refractivity contribution in [1.82, 2.24) is 14.8 Å². The van der Waals surface area contributed by atoms with Crippen molar-refractivity contribution in [3.63, 3.8) is 0 Å². The highest BCUT2D eigenvalue weighted by molar-refractivity contribution is 6.03. The number of aromatic amines is 1. The van der Waals surface area contributed by atoms with E-state index < -0.39 is 5.97 Å². The number of nitrogens with zero attached hydrogens (tertiary/aromatic N) is 2. The van der Waals surface area contributed by atoms with Crippen LogP contribution in [0.3, 0.4) is 0 Å². The van der Waals surface area contributed by atoms with Gasteiger partial charge in [0.25, 0.3) is 0 Å². The maximum atomic E-state index is 11.8. The first kappa shape index (κ1) is 14.2. The Morgan fingerprint density at radius 3 is 2.82 bits per heavy atom.